The van der Waals surface area contributed by atoms with Crippen molar-refractivity contribution >= 4 is 10.9 Å². The minimum Gasteiger partial charge on any atom is -0.426 e. The topological polar surface area (TPSA) is 72.8 Å². The predicted molar refractivity (Wildman–Crippen MR) is 49.7 cm³/mol. The molecule has 0 saturated carbocycles. The third-order valence-electron chi connectivity index (χ3n) is 2.11. The van der Waals surface area contributed by atoms with Crippen LogP contribution in [0, 0.1) is 22.6 Å². The summed E-state index contributed by atoms with van der Waals surface area (Å²) in [6.07, 6.45) is 0. The van der Waals surface area contributed by atoms with Crippen LogP contribution in [0.15, 0.2) is 24.3 Å². The molecule has 0 bridgehead atoms. The van der Waals surface area contributed by atoms with Crippen molar-refractivity contribution in [1.82, 2.24) is 4.73 Å². The van der Waals surface area contributed by atoms with Crippen LogP contribution in [-0.2, 0) is 0 Å². The van der Waals surface area contributed by atoms with Gasteiger partial charge in [-0.05, 0) is 18.2 Å². The smallest absolute Gasteiger partial charge is 0.179 e. The molecule has 0 amide bonds. The molecule has 2 N–H and O–H groups in total. The Morgan fingerprint density at radius 3 is 2.80 bits per heavy atom. The molecule has 2 rings (SSSR count). The summed E-state index contributed by atoms with van der Waals surface area (Å²) in [5.41, 5.74) is -0.147. The minimum absolute atomic E-state index is 0.0385. The zero-order valence-corrected chi connectivity index (χ0v) is 7.53. The van der Waals surface area contributed by atoms with Crippen molar-refractivity contribution in [2.24, 2.45) is 0 Å². The van der Waals surface area contributed by atoms with Gasteiger partial charge in [0.25, 0.3) is 0 Å². The number of benzene rings is 1. The van der Waals surface area contributed by atoms with Crippen molar-refractivity contribution in [3.63, 3.8) is 0 Å². The molecule has 0 radical (unpaired) electrons. The van der Waals surface area contributed by atoms with Crippen molar-refractivity contribution in [1.29, 1.82) is 10.7 Å². The van der Waals surface area contributed by atoms with Crippen LogP contribution in [0.2, 0.25) is 0 Å². The number of rotatable bonds is 0. The molecule has 0 atom stereocenters. The number of nitrogens with zero attached hydrogens (tertiary/aromatic N) is 2. The Morgan fingerprint density at radius 1 is 1.40 bits per heavy atom. The van der Waals surface area contributed by atoms with Crippen LogP contribution in [0.5, 0.6) is 0 Å². The average molecular weight is 203 g/mol. The van der Waals surface area contributed by atoms with Crippen LogP contribution in [0.3, 0.4) is 0 Å². The van der Waals surface area contributed by atoms with E-state index in [0.29, 0.717) is 10.1 Å². The highest BCUT2D eigenvalue weighted by Gasteiger charge is 2.05. The van der Waals surface area contributed by atoms with E-state index in [1.165, 1.54) is 18.2 Å². The van der Waals surface area contributed by atoms with E-state index in [9.17, 15) is 9.60 Å². The van der Waals surface area contributed by atoms with Crippen molar-refractivity contribution < 1.29 is 9.60 Å². The molecule has 1 aromatic heterocycles. The molecule has 0 aliphatic heterocycles. The van der Waals surface area contributed by atoms with Crippen LogP contribution in [-0.4, -0.2) is 9.94 Å². The van der Waals surface area contributed by atoms with Gasteiger partial charge in [-0.15, -0.1) is 0 Å². The molecule has 1 aromatic carbocycles. The fraction of sp³-hybridized carbons (Fsp3) is 0. The summed E-state index contributed by atoms with van der Waals surface area (Å²) in [5.74, 6) is -0.505. The summed E-state index contributed by atoms with van der Waals surface area (Å²) >= 11 is 0. The van der Waals surface area contributed by atoms with E-state index < -0.39 is 5.82 Å². The zero-order valence-electron chi connectivity index (χ0n) is 7.53. The second kappa shape index (κ2) is 3.10. The Kier molecular flexibility index (Phi) is 1.90. The number of fused-ring (bicyclic) bond motifs is 1. The van der Waals surface area contributed by atoms with Gasteiger partial charge >= 0.3 is 0 Å². The van der Waals surface area contributed by atoms with Crippen molar-refractivity contribution in [2.45, 2.75) is 0 Å². The summed E-state index contributed by atoms with van der Waals surface area (Å²) in [6, 6.07) is 6.99. The molecule has 0 aliphatic carbocycles. The molecule has 5 heteroatoms. The molecule has 0 fully saturated rings. The first-order valence-corrected chi connectivity index (χ1v) is 4.13. The van der Waals surface area contributed by atoms with Gasteiger partial charge in [-0.1, -0.05) is 0 Å². The number of nitrogens with one attached hydrogen (secondary N) is 1. The quantitative estimate of drug-likeness (QED) is 0.634. The highest BCUT2D eigenvalue weighted by molar-refractivity contribution is 5.79. The lowest BCUT2D eigenvalue weighted by Gasteiger charge is -2.04. The fourth-order valence-corrected chi connectivity index (χ4v) is 1.37. The molecule has 15 heavy (non-hydrogen) atoms. The Morgan fingerprint density at radius 2 is 2.13 bits per heavy atom. The van der Waals surface area contributed by atoms with Gasteiger partial charge in [-0.3, -0.25) is 5.41 Å². The molecular formula is C10H6FN3O. The first-order chi connectivity index (χ1) is 7.13. The van der Waals surface area contributed by atoms with Crippen LogP contribution < -0.4 is 5.49 Å². The monoisotopic (exact) mass is 203 g/mol. The van der Waals surface area contributed by atoms with Gasteiger partial charge in [0, 0.05) is 11.5 Å². The molecule has 0 spiro atoms. The minimum atomic E-state index is -0.505. The van der Waals surface area contributed by atoms with E-state index in [2.05, 4.69) is 0 Å². The van der Waals surface area contributed by atoms with E-state index in [0.717, 1.165) is 6.07 Å². The molecule has 0 aliphatic rings. The number of nitriles is 1. The second-order valence-electron chi connectivity index (χ2n) is 3.03. The summed E-state index contributed by atoms with van der Waals surface area (Å²) in [7, 11) is 0. The van der Waals surface area contributed by atoms with Gasteiger partial charge in [0.2, 0.25) is 0 Å². The van der Waals surface area contributed by atoms with Gasteiger partial charge in [-0.25, -0.2) is 4.39 Å². The van der Waals surface area contributed by atoms with E-state index in [-0.39, 0.29) is 16.6 Å². The summed E-state index contributed by atoms with van der Waals surface area (Å²) in [4.78, 5) is 0. The third kappa shape index (κ3) is 1.32. The van der Waals surface area contributed by atoms with Crippen LogP contribution >= 0.6 is 0 Å². The Labute approximate surface area is 83.9 Å². The van der Waals surface area contributed by atoms with E-state index in [4.69, 9.17) is 10.7 Å². The van der Waals surface area contributed by atoms with Crippen LogP contribution in [0.1, 0.15) is 5.56 Å². The van der Waals surface area contributed by atoms with E-state index in [1.54, 1.807) is 6.07 Å². The average Bonchev–Trinajstić information content (AvgIpc) is 2.24. The molecular weight excluding hydrogens is 197 g/mol. The SMILES string of the molecule is N#Cc1cc2ccc(F)cc2n(O)c1=N. The maximum absolute atomic E-state index is 12.9. The molecule has 1 heterocycles. The summed E-state index contributed by atoms with van der Waals surface area (Å²) in [6.45, 7) is 0. The molecule has 74 valence electrons. The molecule has 0 saturated heterocycles. The lowest BCUT2D eigenvalue weighted by atomic mass is 10.1. The Hall–Kier alpha value is -2.35. The lowest BCUT2D eigenvalue weighted by Crippen LogP contribution is -2.20. The van der Waals surface area contributed by atoms with Crippen LogP contribution in [0.4, 0.5) is 4.39 Å². The van der Waals surface area contributed by atoms with E-state index >= 15 is 0 Å². The zero-order chi connectivity index (χ0) is 11.0. The Balaban J connectivity index is 2.99. The largest absolute Gasteiger partial charge is 0.426 e. The molecule has 0 unspecified atom stereocenters. The number of aromatic nitrogens is 1. The number of halogens is 1. The normalized spacial score (nSPS) is 10.1. The summed E-state index contributed by atoms with van der Waals surface area (Å²) < 4.78 is 13.4. The highest BCUT2D eigenvalue weighted by Crippen LogP contribution is 2.13. The van der Waals surface area contributed by atoms with Gasteiger partial charge in [0.05, 0.1) is 11.1 Å². The van der Waals surface area contributed by atoms with Crippen LogP contribution in [0.25, 0.3) is 10.9 Å². The maximum atomic E-state index is 12.9. The third-order valence-corrected chi connectivity index (χ3v) is 2.11. The van der Waals surface area contributed by atoms with Gasteiger partial charge in [-0.2, -0.15) is 9.99 Å². The second-order valence-corrected chi connectivity index (χ2v) is 3.03. The highest BCUT2D eigenvalue weighted by atomic mass is 19.1. The summed E-state index contributed by atoms with van der Waals surface area (Å²) in [5, 5.41) is 26.1. The van der Waals surface area contributed by atoms with Gasteiger partial charge in [0.15, 0.2) is 5.49 Å². The fourth-order valence-electron chi connectivity index (χ4n) is 1.37. The molecule has 2 aromatic rings. The van der Waals surface area contributed by atoms with Crippen molar-refractivity contribution in [2.75, 3.05) is 0 Å². The first-order valence-electron chi connectivity index (χ1n) is 4.13. The lowest BCUT2D eigenvalue weighted by molar-refractivity contribution is 0.183. The number of pyridine rings is 1. The standard InChI is InChI=1S/C10H6FN3O/c11-8-2-1-6-3-7(5-12)10(13)14(15)9(6)4-8/h1-4,13,15H. The Bertz CT molecular complexity index is 639. The maximum Gasteiger partial charge on any atom is 0.179 e. The van der Waals surface area contributed by atoms with Crippen molar-refractivity contribution in [3.8, 4) is 6.07 Å². The van der Waals surface area contributed by atoms with E-state index in [1.807, 2.05) is 0 Å². The van der Waals surface area contributed by atoms with Gasteiger partial charge in [0.1, 0.15) is 11.9 Å². The molecule has 4 nitrogen and oxygen atoms in total. The van der Waals surface area contributed by atoms with Crippen molar-refractivity contribution in [3.05, 3.63) is 41.1 Å². The first kappa shape index (κ1) is 9.21. The number of hydrogen-bond acceptors (Lipinski definition) is 3. The van der Waals surface area contributed by atoms with Gasteiger partial charge < -0.3 is 5.21 Å². The number of hydrogen-bond donors (Lipinski definition) is 2. The predicted octanol–water partition coefficient (Wildman–Crippen LogP) is 1.37.